The lowest BCUT2D eigenvalue weighted by Gasteiger charge is -2.08. The van der Waals surface area contributed by atoms with Gasteiger partial charge in [-0.15, -0.1) is 0 Å². The molecule has 6 nitrogen and oxygen atoms in total. The zero-order chi connectivity index (χ0) is 18.9. The number of ether oxygens (including phenoxy) is 1. The second kappa shape index (κ2) is 9.31. The minimum absolute atomic E-state index is 0.0150. The molecule has 0 aliphatic heterocycles. The van der Waals surface area contributed by atoms with Crippen LogP contribution in [0.1, 0.15) is 34.1 Å². The van der Waals surface area contributed by atoms with Crippen molar-refractivity contribution < 1.29 is 23.5 Å². The topological polar surface area (TPSA) is 84.5 Å². The van der Waals surface area contributed by atoms with Gasteiger partial charge in [-0.1, -0.05) is 18.2 Å². The number of carbonyl (C=O) groups is 3. The quantitative estimate of drug-likeness (QED) is 0.452. The molecule has 0 atom stereocenters. The van der Waals surface area contributed by atoms with Gasteiger partial charge in [0.2, 0.25) is 0 Å². The summed E-state index contributed by atoms with van der Waals surface area (Å²) in [6.07, 6.45) is 0.482. The number of halogens is 1. The molecule has 0 spiro atoms. The van der Waals surface area contributed by atoms with Crippen molar-refractivity contribution in [2.75, 3.05) is 13.1 Å². The van der Waals surface area contributed by atoms with Gasteiger partial charge in [0.15, 0.2) is 0 Å². The molecular formula is C19H19FN2O4. The molecule has 0 saturated carbocycles. The van der Waals surface area contributed by atoms with Gasteiger partial charge in [-0.3, -0.25) is 14.4 Å². The van der Waals surface area contributed by atoms with Crippen molar-refractivity contribution in [2.45, 2.75) is 13.3 Å². The smallest absolute Gasteiger partial charge is 0.308 e. The van der Waals surface area contributed by atoms with E-state index in [0.717, 1.165) is 0 Å². The highest BCUT2D eigenvalue weighted by molar-refractivity contribution is 5.95. The third-order valence-electron chi connectivity index (χ3n) is 3.40. The van der Waals surface area contributed by atoms with Gasteiger partial charge in [0.1, 0.15) is 11.6 Å². The molecule has 2 aromatic rings. The number of benzene rings is 2. The summed E-state index contributed by atoms with van der Waals surface area (Å²) in [7, 11) is 0. The molecule has 2 N–H and O–H groups in total. The minimum Gasteiger partial charge on any atom is -0.427 e. The molecule has 0 saturated heterocycles. The van der Waals surface area contributed by atoms with Crippen LogP contribution in [0.5, 0.6) is 5.75 Å². The molecule has 0 fully saturated rings. The Morgan fingerprint density at radius 1 is 0.962 bits per heavy atom. The minimum atomic E-state index is -0.578. The average Bonchev–Trinajstić information content (AvgIpc) is 2.61. The van der Waals surface area contributed by atoms with Crippen molar-refractivity contribution >= 4 is 17.8 Å². The van der Waals surface area contributed by atoms with Crippen molar-refractivity contribution in [1.29, 1.82) is 0 Å². The molecule has 136 valence electrons. The van der Waals surface area contributed by atoms with Crippen LogP contribution in [-0.2, 0) is 4.79 Å². The van der Waals surface area contributed by atoms with E-state index in [1.54, 1.807) is 24.3 Å². The summed E-state index contributed by atoms with van der Waals surface area (Å²) >= 11 is 0. The van der Waals surface area contributed by atoms with Crippen molar-refractivity contribution in [3.05, 3.63) is 65.5 Å². The maximum absolute atomic E-state index is 13.5. The first-order chi connectivity index (χ1) is 12.5. The Morgan fingerprint density at radius 3 is 2.35 bits per heavy atom. The van der Waals surface area contributed by atoms with E-state index in [-0.39, 0.29) is 11.5 Å². The van der Waals surface area contributed by atoms with Crippen LogP contribution in [0.3, 0.4) is 0 Å². The fourth-order valence-electron chi connectivity index (χ4n) is 2.20. The summed E-state index contributed by atoms with van der Waals surface area (Å²) < 4.78 is 18.4. The summed E-state index contributed by atoms with van der Waals surface area (Å²) in [4.78, 5) is 34.8. The number of nitrogens with one attached hydrogen (secondary N) is 2. The van der Waals surface area contributed by atoms with Gasteiger partial charge in [-0.25, -0.2) is 4.39 Å². The standard InChI is InChI=1S/C19H19FN2O4/c1-13(23)26-15-7-4-6-14(12-15)18(24)21-10-5-11-22-19(25)16-8-2-3-9-17(16)20/h2-4,6-9,12H,5,10-11H2,1H3,(H,21,24)(H,22,25). The van der Waals surface area contributed by atoms with E-state index in [2.05, 4.69) is 10.6 Å². The maximum Gasteiger partial charge on any atom is 0.308 e. The van der Waals surface area contributed by atoms with Gasteiger partial charge < -0.3 is 15.4 Å². The number of esters is 1. The molecule has 2 rings (SSSR count). The Labute approximate surface area is 150 Å². The van der Waals surface area contributed by atoms with Crippen molar-refractivity contribution in [2.24, 2.45) is 0 Å². The largest absolute Gasteiger partial charge is 0.427 e. The Kier molecular flexibility index (Phi) is 6.84. The number of hydrogen-bond donors (Lipinski definition) is 2. The van der Waals surface area contributed by atoms with Crippen LogP contribution in [0.25, 0.3) is 0 Å². The first-order valence-corrected chi connectivity index (χ1v) is 8.07. The van der Waals surface area contributed by atoms with Crippen LogP contribution in [0.4, 0.5) is 4.39 Å². The molecule has 7 heteroatoms. The average molecular weight is 358 g/mol. The lowest BCUT2D eigenvalue weighted by Crippen LogP contribution is -2.30. The van der Waals surface area contributed by atoms with Crippen molar-refractivity contribution in [3.63, 3.8) is 0 Å². The Hall–Kier alpha value is -3.22. The zero-order valence-corrected chi connectivity index (χ0v) is 14.3. The summed E-state index contributed by atoms with van der Waals surface area (Å²) in [6, 6.07) is 12.0. The number of carbonyl (C=O) groups excluding carboxylic acids is 3. The van der Waals surface area contributed by atoms with E-state index in [4.69, 9.17) is 4.74 Å². The van der Waals surface area contributed by atoms with Gasteiger partial charge in [-0.2, -0.15) is 0 Å². The fourth-order valence-corrected chi connectivity index (χ4v) is 2.20. The highest BCUT2D eigenvalue weighted by Crippen LogP contribution is 2.13. The van der Waals surface area contributed by atoms with Gasteiger partial charge in [0.25, 0.3) is 11.8 Å². The number of amides is 2. The number of hydrogen-bond acceptors (Lipinski definition) is 4. The van der Waals surface area contributed by atoms with E-state index in [1.165, 1.54) is 31.2 Å². The molecule has 0 radical (unpaired) electrons. The van der Waals surface area contributed by atoms with E-state index >= 15 is 0 Å². The number of rotatable bonds is 7. The Balaban J connectivity index is 1.74. The fraction of sp³-hybridized carbons (Fsp3) is 0.211. The third-order valence-corrected chi connectivity index (χ3v) is 3.40. The van der Waals surface area contributed by atoms with Crippen LogP contribution in [-0.4, -0.2) is 30.9 Å². The first kappa shape index (κ1) is 19.1. The summed E-state index contributed by atoms with van der Waals surface area (Å²) in [5.41, 5.74) is 0.345. The molecule has 2 aromatic carbocycles. The van der Waals surface area contributed by atoms with Gasteiger partial charge in [-0.05, 0) is 36.8 Å². The predicted molar refractivity (Wildman–Crippen MR) is 93.4 cm³/mol. The monoisotopic (exact) mass is 358 g/mol. The molecule has 0 aromatic heterocycles. The van der Waals surface area contributed by atoms with Gasteiger partial charge in [0.05, 0.1) is 5.56 Å². The molecule has 0 unspecified atom stereocenters. The van der Waals surface area contributed by atoms with E-state index < -0.39 is 17.7 Å². The van der Waals surface area contributed by atoms with Crippen LogP contribution < -0.4 is 15.4 Å². The summed E-state index contributed by atoms with van der Waals surface area (Å²) in [6.45, 7) is 1.90. The Morgan fingerprint density at radius 2 is 1.65 bits per heavy atom. The second-order valence-corrected chi connectivity index (χ2v) is 5.47. The maximum atomic E-state index is 13.5. The van der Waals surface area contributed by atoms with E-state index in [9.17, 15) is 18.8 Å². The lowest BCUT2D eigenvalue weighted by atomic mass is 10.2. The molecule has 0 aliphatic rings. The predicted octanol–water partition coefficient (Wildman–Crippen LogP) is 2.30. The molecule has 0 heterocycles. The highest BCUT2D eigenvalue weighted by Gasteiger charge is 2.10. The van der Waals surface area contributed by atoms with Crippen molar-refractivity contribution in [1.82, 2.24) is 10.6 Å². The SMILES string of the molecule is CC(=O)Oc1cccc(C(=O)NCCCNC(=O)c2ccccc2F)c1. The highest BCUT2D eigenvalue weighted by atomic mass is 19.1. The van der Waals surface area contributed by atoms with Gasteiger partial charge in [0, 0.05) is 25.6 Å². The third kappa shape index (κ3) is 5.70. The second-order valence-electron chi connectivity index (χ2n) is 5.47. The van der Waals surface area contributed by atoms with Gasteiger partial charge >= 0.3 is 5.97 Å². The first-order valence-electron chi connectivity index (χ1n) is 8.07. The Bertz CT molecular complexity index is 808. The summed E-state index contributed by atoms with van der Waals surface area (Å²) in [5.74, 6) is -1.57. The van der Waals surface area contributed by atoms with Crippen LogP contribution in [0.2, 0.25) is 0 Å². The zero-order valence-electron chi connectivity index (χ0n) is 14.3. The lowest BCUT2D eigenvalue weighted by molar-refractivity contribution is -0.131. The molecule has 26 heavy (non-hydrogen) atoms. The molecular weight excluding hydrogens is 339 g/mol. The van der Waals surface area contributed by atoms with E-state index in [1.807, 2.05) is 0 Å². The normalized spacial score (nSPS) is 10.1. The molecule has 0 aliphatic carbocycles. The summed E-state index contributed by atoms with van der Waals surface area (Å²) in [5, 5.41) is 5.30. The van der Waals surface area contributed by atoms with E-state index in [0.29, 0.717) is 30.8 Å². The van der Waals surface area contributed by atoms with Crippen LogP contribution >= 0.6 is 0 Å². The van der Waals surface area contributed by atoms with Crippen LogP contribution in [0, 0.1) is 5.82 Å². The molecule has 2 amide bonds. The van der Waals surface area contributed by atoms with Crippen LogP contribution in [0.15, 0.2) is 48.5 Å². The van der Waals surface area contributed by atoms with Crippen molar-refractivity contribution in [3.8, 4) is 5.75 Å². The molecule has 0 bridgehead atoms.